The van der Waals surface area contributed by atoms with E-state index >= 15 is 0 Å². The summed E-state index contributed by atoms with van der Waals surface area (Å²) < 4.78 is 40.4. The van der Waals surface area contributed by atoms with Gasteiger partial charge in [-0.15, -0.1) is 0 Å². The molecular weight excluding hydrogens is 428 g/mol. The van der Waals surface area contributed by atoms with E-state index in [1.54, 1.807) is 28.4 Å². The predicted octanol–water partition coefficient (Wildman–Crippen LogP) is 4.55. The van der Waals surface area contributed by atoms with E-state index in [4.69, 9.17) is 33.2 Å². The van der Waals surface area contributed by atoms with E-state index < -0.39 is 6.10 Å². The van der Waals surface area contributed by atoms with Crippen LogP contribution in [0.5, 0.6) is 34.5 Å². The highest BCUT2D eigenvalue weighted by molar-refractivity contribution is 5.89. The molecule has 0 amide bonds. The molecule has 2 aliphatic rings. The van der Waals surface area contributed by atoms with Crippen molar-refractivity contribution in [2.45, 2.75) is 33.3 Å². The predicted molar refractivity (Wildman–Crippen MR) is 121 cm³/mol. The number of ether oxygens (including phenoxy) is 7. The molecule has 0 N–H and O–H groups in total. The van der Waals surface area contributed by atoms with Gasteiger partial charge in [-0.3, -0.25) is 4.79 Å². The molecule has 3 atom stereocenters. The largest absolute Gasteiger partial charge is 0.493 e. The Morgan fingerprint density at radius 3 is 2.21 bits per heavy atom. The molecule has 1 aliphatic heterocycles. The normalized spacial score (nSPS) is 20.6. The molecular formula is C25H30O8. The number of fused-ring (bicyclic) bond motifs is 4. The molecule has 178 valence electrons. The van der Waals surface area contributed by atoms with Crippen LogP contribution in [-0.4, -0.2) is 41.2 Å². The molecule has 0 saturated heterocycles. The average Bonchev–Trinajstić information content (AvgIpc) is 3.27. The number of hydrogen-bond acceptors (Lipinski definition) is 8. The van der Waals surface area contributed by atoms with Crippen LogP contribution in [0.15, 0.2) is 12.1 Å². The Hall–Kier alpha value is -3.29. The minimum atomic E-state index is -0.538. The van der Waals surface area contributed by atoms with Crippen molar-refractivity contribution >= 4 is 5.97 Å². The highest BCUT2D eigenvalue weighted by Gasteiger charge is 2.39. The van der Waals surface area contributed by atoms with Crippen LogP contribution in [0.4, 0.5) is 0 Å². The van der Waals surface area contributed by atoms with Crippen molar-refractivity contribution in [2.75, 3.05) is 35.2 Å². The van der Waals surface area contributed by atoms with E-state index in [1.165, 1.54) is 6.92 Å². The molecule has 0 fully saturated rings. The van der Waals surface area contributed by atoms with E-state index in [0.717, 1.165) is 16.7 Å². The maximum absolute atomic E-state index is 12.2. The van der Waals surface area contributed by atoms with Gasteiger partial charge in [-0.25, -0.2) is 0 Å². The first kappa shape index (κ1) is 22.9. The summed E-state index contributed by atoms with van der Waals surface area (Å²) in [5.41, 5.74) is 3.27. The Morgan fingerprint density at radius 2 is 1.61 bits per heavy atom. The molecule has 33 heavy (non-hydrogen) atoms. The van der Waals surface area contributed by atoms with E-state index in [0.29, 0.717) is 46.5 Å². The standard InChI is InChI=1S/C25H30O8/c1-12-8-15-9-18-23(32-11-31-18)24(29-6)19(15)20-16(21(13(12)2)33-14(3)26)10-17(27-4)22(28-5)25(20)30-7/h9-10,12-13,21H,8,11H2,1-7H3/t12-,13-,21+/m0/s1. The summed E-state index contributed by atoms with van der Waals surface area (Å²) >= 11 is 0. The fourth-order valence-corrected chi connectivity index (χ4v) is 4.81. The summed E-state index contributed by atoms with van der Waals surface area (Å²) in [6.07, 6.45) is 0.169. The van der Waals surface area contributed by atoms with Gasteiger partial charge in [0.1, 0.15) is 6.10 Å². The SMILES string of the molecule is COc1cc2c(c(OC)c1OC)-c1c(cc3c(c1OC)OCO3)C[C@H](C)[C@H](C)[C@H]2OC(C)=O. The van der Waals surface area contributed by atoms with Gasteiger partial charge in [0, 0.05) is 29.5 Å². The lowest BCUT2D eigenvalue weighted by Crippen LogP contribution is -2.26. The third-order valence-electron chi connectivity index (χ3n) is 6.53. The van der Waals surface area contributed by atoms with Crippen LogP contribution in [0, 0.1) is 11.8 Å². The minimum Gasteiger partial charge on any atom is -0.493 e. The van der Waals surface area contributed by atoms with Crippen molar-refractivity contribution in [1.82, 2.24) is 0 Å². The molecule has 2 aromatic rings. The zero-order valence-corrected chi connectivity index (χ0v) is 20.1. The first-order valence-corrected chi connectivity index (χ1v) is 10.9. The average molecular weight is 459 g/mol. The van der Waals surface area contributed by atoms with Gasteiger partial charge >= 0.3 is 5.97 Å². The second kappa shape index (κ2) is 8.92. The highest BCUT2D eigenvalue weighted by atomic mass is 16.7. The Balaban J connectivity index is 2.17. The van der Waals surface area contributed by atoms with Crippen LogP contribution in [0.1, 0.15) is 38.0 Å². The van der Waals surface area contributed by atoms with E-state index in [-0.39, 0.29) is 24.6 Å². The van der Waals surface area contributed by atoms with Gasteiger partial charge in [-0.05, 0) is 30.0 Å². The number of rotatable bonds is 5. The number of esters is 1. The summed E-state index contributed by atoms with van der Waals surface area (Å²) in [6, 6.07) is 3.85. The first-order chi connectivity index (χ1) is 15.9. The van der Waals surface area contributed by atoms with Crippen molar-refractivity contribution < 1.29 is 38.0 Å². The molecule has 2 aromatic carbocycles. The summed E-state index contributed by atoms with van der Waals surface area (Å²) in [7, 11) is 6.29. The quantitative estimate of drug-likeness (QED) is 0.604. The summed E-state index contributed by atoms with van der Waals surface area (Å²) in [6.45, 7) is 5.76. The zero-order chi connectivity index (χ0) is 23.9. The topological polar surface area (TPSA) is 81.7 Å². The van der Waals surface area contributed by atoms with Gasteiger partial charge in [0.25, 0.3) is 0 Å². The molecule has 0 bridgehead atoms. The molecule has 4 rings (SSSR count). The van der Waals surface area contributed by atoms with Crippen LogP contribution < -0.4 is 28.4 Å². The van der Waals surface area contributed by atoms with Gasteiger partial charge in [-0.1, -0.05) is 13.8 Å². The van der Waals surface area contributed by atoms with Gasteiger partial charge in [0.2, 0.25) is 18.3 Å². The zero-order valence-electron chi connectivity index (χ0n) is 20.1. The maximum Gasteiger partial charge on any atom is 0.303 e. The van der Waals surface area contributed by atoms with Gasteiger partial charge in [0.15, 0.2) is 23.0 Å². The number of methoxy groups -OCH3 is 4. The van der Waals surface area contributed by atoms with Crippen LogP contribution in [0.2, 0.25) is 0 Å². The Bertz CT molecular complexity index is 1080. The van der Waals surface area contributed by atoms with Crippen LogP contribution >= 0.6 is 0 Å². The van der Waals surface area contributed by atoms with E-state index in [9.17, 15) is 4.79 Å². The van der Waals surface area contributed by atoms with Gasteiger partial charge in [0.05, 0.1) is 28.4 Å². The minimum absolute atomic E-state index is 0.0000231. The third-order valence-corrected chi connectivity index (χ3v) is 6.53. The number of benzene rings is 2. The van der Waals surface area contributed by atoms with Crippen LogP contribution in [0.25, 0.3) is 11.1 Å². The molecule has 0 spiro atoms. The Kier molecular flexibility index (Phi) is 6.19. The fraction of sp³-hybridized carbons (Fsp3) is 0.480. The molecule has 1 aliphatic carbocycles. The molecule has 0 saturated carbocycles. The highest BCUT2D eigenvalue weighted by Crippen LogP contribution is 2.58. The Morgan fingerprint density at radius 1 is 0.909 bits per heavy atom. The van der Waals surface area contributed by atoms with E-state index in [1.807, 2.05) is 12.1 Å². The van der Waals surface area contributed by atoms with Crippen molar-refractivity contribution in [3.63, 3.8) is 0 Å². The molecule has 8 nitrogen and oxygen atoms in total. The lowest BCUT2D eigenvalue weighted by atomic mass is 9.76. The van der Waals surface area contributed by atoms with Crippen LogP contribution in [0.3, 0.4) is 0 Å². The summed E-state index contributed by atoms with van der Waals surface area (Å²) in [5.74, 6) is 2.90. The van der Waals surface area contributed by atoms with Crippen molar-refractivity contribution in [1.29, 1.82) is 0 Å². The first-order valence-electron chi connectivity index (χ1n) is 10.9. The fourth-order valence-electron chi connectivity index (χ4n) is 4.81. The van der Waals surface area contributed by atoms with Crippen molar-refractivity contribution in [3.8, 4) is 45.6 Å². The smallest absolute Gasteiger partial charge is 0.303 e. The molecule has 0 unspecified atom stereocenters. The molecule has 0 aromatic heterocycles. The molecule has 1 heterocycles. The summed E-state index contributed by atoms with van der Waals surface area (Å²) in [5, 5.41) is 0. The molecule has 8 heteroatoms. The number of hydrogen-bond donors (Lipinski definition) is 0. The van der Waals surface area contributed by atoms with Crippen LogP contribution in [-0.2, 0) is 16.0 Å². The second-order valence-electron chi connectivity index (χ2n) is 8.36. The lowest BCUT2D eigenvalue weighted by Gasteiger charge is -2.35. The lowest BCUT2D eigenvalue weighted by molar-refractivity contribution is -0.150. The Labute approximate surface area is 193 Å². The van der Waals surface area contributed by atoms with Gasteiger partial charge < -0.3 is 33.2 Å². The van der Waals surface area contributed by atoms with E-state index in [2.05, 4.69) is 13.8 Å². The summed E-state index contributed by atoms with van der Waals surface area (Å²) in [4.78, 5) is 12.2. The van der Waals surface area contributed by atoms with Crippen molar-refractivity contribution in [2.24, 2.45) is 11.8 Å². The maximum atomic E-state index is 12.2. The number of carbonyl (C=O) groups is 1. The third kappa shape index (κ3) is 3.67. The second-order valence-corrected chi connectivity index (χ2v) is 8.36. The van der Waals surface area contributed by atoms with Gasteiger partial charge in [-0.2, -0.15) is 0 Å². The monoisotopic (exact) mass is 458 g/mol. The molecule has 0 radical (unpaired) electrons. The van der Waals surface area contributed by atoms with Crippen molar-refractivity contribution in [3.05, 3.63) is 23.3 Å². The number of carbonyl (C=O) groups excluding carboxylic acids is 1.